The van der Waals surface area contributed by atoms with E-state index < -0.39 is 127 Å². The van der Waals surface area contributed by atoms with Gasteiger partial charge in [-0.1, -0.05) is 0 Å². The Morgan fingerprint density at radius 3 is 2.00 bits per heavy atom. The monoisotopic (exact) mass is 770 g/mol. The largest absolute Gasteiger partial charge is 0.508 e. The minimum atomic E-state index is -2.02. The zero-order valence-corrected chi connectivity index (χ0v) is 28.8. The Labute approximate surface area is 305 Å². The van der Waals surface area contributed by atoms with Crippen LogP contribution in [0.5, 0.6) is 28.7 Å². The third-order valence-corrected chi connectivity index (χ3v) is 9.57. The molecule has 0 saturated carbocycles. The molecule has 0 bridgehead atoms. The highest BCUT2D eigenvalue weighted by molar-refractivity contribution is 5.88. The van der Waals surface area contributed by atoms with Gasteiger partial charge >= 0.3 is 0 Å². The van der Waals surface area contributed by atoms with Crippen LogP contribution in [0.4, 0.5) is 0 Å². The third-order valence-electron chi connectivity index (χ3n) is 9.57. The van der Waals surface area contributed by atoms with Crippen molar-refractivity contribution in [2.75, 3.05) is 13.7 Å². The van der Waals surface area contributed by atoms with E-state index in [9.17, 15) is 61.0 Å². The minimum Gasteiger partial charge on any atom is -0.508 e. The molecule has 1 aromatic heterocycles. The van der Waals surface area contributed by atoms with Crippen molar-refractivity contribution in [1.29, 1.82) is 0 Å². The van der Waals surface area contributed by atoms with Gasteiger partial charge < -0.3 is 93.7 Å². The topological polar surface area (TPSA) is 317 Å². The number of hydrogen-bond donors (Lipinski definition) is 11. The second kappa shape index (κ2) is 15.7. The number of ether oxygens (including phenoxy) is 7. The van der Waals surface area contributed by atoms with Crippen LogP contribution >= 0.6 is 0 Å². The van der Waals surface area contributed by atoms with Crippen molar-refractivity contribution in [3.05, 3.63) is 40.6 Å². The quantitative estimate of drug-likeness (QED) is 0.107. The highest BCUT2D eigenvalue weighted by Gasteiger charge is 2.51. The zero-order valence-electron chi connectivity index (χ0n) is 28.8. The van der Waals surface area contributed by atoms with Gasteiger partial charge in [0.05, 0.1) is 25.9 Å². The Morgan fingerprint density at radius 1 is 0.685 bits per heavy atom. The number of aliphatic hydroxyl groups excluding tert-OH is 8. The van der Waals surface area contributed by atoms with Crippen molar-refractivity contribution >= 4 is 11.0 Å². The van der Waals surface area contributed by atoms with Crippen molar-refractivity contribution in [2.45, 2.75) is 106 Å². The Morgan fingerprint density at radius 2 is 1.31 bits per heavy atom. The summed E-state index contributed by atoms with van der Waals surface area (Å²) in [5.74, 6) is -2.48. The number of aromatic hydroxyl groups is 3. The molecule has 54 heavy (non-hydrogen) atoms. The molecular weight excluding hydrogens is 728 g/mol. The Balaban J connectivity index is 1.28. The van der Waals surface area contributed by atoms with Crippen LogP contribution in [0.3, 0.4) is 0 Å². The first-order valence-electron chi connectivity index (χ1n) is 16.8. The van der Waals surface area contributed by atoms with Gasteiger partial charge in [0, 0.05) is 17.7 Å². The Hall–Kier alpha value is -3.87. The summed E-state index contributed by atoms with van der Waals surface area (Å²) in [5.41, 5.74) is -1.22. The van der Waals surface area contributed by atoms with Crippen molar-refractivity contribution < 1.29 is 93.7 Å². The molecule has 3 aliphatic heterocycles. The van der Waals surface area contributed by atoms with E-state index in [2.05, 4.69) is 0 Å². The first-order valence-corrected chi connectivity index (χ1v) is 16.8. The fraction of sp³-hybridized carbons (Fsp3) is 0.559. The number of phenols is 3. The van der Waals surface area contributed by atoms with Crippen molar-refractivity contribution in [2.24, 2.45) is 0 Å². The van der Waals surface area contributed by atoms with Crippen molar-refractivity contribution in [3.63, 3.8) is 0 Å². The van der Waals surface area contributed by atoms with E-state index in [-0.39, 0.29) is 28.4 Å². The molecule has 2 aromatic carbocycles. The van der Waals surface area contributed by atoms with E-state index in [1.807, 2.05) is 0 Å². The number of hydrogen-bond acceptors (Lipinski definition) is 20. The molecule has 15 atom stereocenters. The van der Waals surface area contributed by atoms with E-state index in [1.54, 1.807) is 0 Å². The Bertz CT molecular complexity index is 1850. The number of methoxy groups -OCH3 is 1. The lowest BCUT2D eigenvalue weighted by Gasteiger charge is -2.46. The molecule has 3 fully saturated rings. The van der Waals surface area contributed by atoms with E-state index >= 15 is 0 Å². The smallest absolute Gasteiger partial charge is 0.239 e. The molecule has 11 N–H and O–H groups in total. The van der Waals surface area contributed by atoms with Crippen molar-refractivity contribution in [1.82, 2.24) is 0 Å². The molecule has 3 aromatic rings. The molecule has 4 heterocycles. The summed E-state index contributed by atoms with van der Waals surface area (Å²) in [7, 11) is 1.27. The van der Waals surface area contributed by atoms with E-state index in [0.717, 1.165) is 12.1 Å². The first kappa shape index (κ1) is 39.8. The molecule has 0 unspecified atom stereocenters. The van der Waals surface area contributed by atoms with Crippen molar-refractivity contribution in [3.8, 4) is 40.1 Å². The second-order valence-electron chi connectivity index (χ2n) is 13.3. The fourth-order valence-electron chi connectivity index (χ4n) is 6.40. The third kappa shape index (κ3) is 7.41. The fourth-order valence-corrected chi connectivity index (χ4v) is 6.40. The van der Waals surface area contributed by atoms with Gasteiger partial charge in [-0.3, -0.25) is 4.79 Å². The minimum absolute atomic E-state index is 0.0447. The maximum Gasteiger partial charge on any atom is 0.239 e. The maximum absolute atomic E-state index is 13.9. The SMILES string of the molecule is COc1cc(-c2oc3cc(O)cc(O)c3c(=O)c2O[C@H]2O[C@@H](CO[C@H]3O[C@H](C)[C@@H](O)[C@H](O)[C@@H]3O[C@H]3O[C@H](C)[C@@H](O)[C@H](O)[C@@H]3O)[C@H](O)[C@@H](O)[C@@H]2O)ccc1O. The molecule has 20 nitrogen and oxygen atoms in total. The molecule has 0 radical (unpaired) electrons. The molecule has 20 heteroatoms. The van der Waals surface area contributed by atoms with Crippen LogP contribution in [-0.2, 0) is 23.7 Å². The lowest BCUT2D eigenvalue weighted by Crippen LogP contribution is -2.64. The summed E-state index contributed by atoms with van der Waals surface area (Å²) in [4.78, 5) is 13.9. The predicted molar refractivity (Wildman–Crippen MR) is 176 cm³/mol. The van der Waals surface area contributed by atoms with E-state index in [0.29, 0.717) is 0 Å². The number of rotatable bonds is 9. The maximum atomic E-state index is 13.9. The van der Waals surface area contributed by atoms with Crippen LogP contribution in [0.2, 0.25) is 0 Å². The summed E-state index contributed by atoms with van der Waals surface area (Å²) in [6.45, 7) is 2.11. The molecule has 3 saturated heterocycles. The second-order valence-corrected chi connectivity index (χ2v) is 13.3. The van der Waals surface area contributed by atoms with Gasteiger partial charge in [-0.25, -0.2) is 0 Å². The van der Waals surface area contributed by atoms with Gasteiger partial charge in [0.25, 0.3) is 0 Å². The molecule has 6 rings (SSSR count). The van der Waals surface area contributed by atoms with Crippen LogP contribution in [0.15, 0.2) is 39.5 Å². The Kier molecular flexibility index (Phi) is 11.6. The molecule has 0 spiro atoms. The molecule has 3 aliphatic rings. The van der Waals surface area contributed by atoms with Crippen LogP contribution in [0.1, 0.15) is 13.8 Å². The van der Waals surface area contributed by atoms with Gasteiger partial charge in [0.15, 0.2) is 29.8 Å². The molecule has 298 valence electrons. The van der Waals surface area contributed by atoms with Gasteiger partial charge in [0.1, 0.15) is 83.5 Å². The zero-order chi connectivity index (χ0) is 39.3. The van der Waals surface area contributed by atoms with Gasteiger partial charge in [-0.05, 0) is 32.0 Å². The van der Waals surface area contributed by atoms with Crippen LogP contribution in [-0.4, -0.2) is 162 Å². The first-order chi connectivity index (χ1) is 25.5. The number of phenolic OH excluding ortho intramolecular Hbond substituents is 3. The average Bonchev–Trinajstić information content (AvgIpc) is 3.13. The molecule has 0 aliphatic carbocycles. The predicted octanol–water partition coefficient (Wildman–Crippen LogP) is -2.53. The highest BCUT2D eigenvalue weighted by Crippen LogP contribution is 2.40. The summed E-state index contributed by atoms with van der Waals surface area (Å²) in [6.07, 6.45) is -24.5. The highest BCUT2D eigenvalue weighted by atomic mass is 16.8. The van der Waals surface area contributed by atoms with E-state index in [4.69, 9.17) is 37.6 Å². The van der Waals surface area contributed by atoms with E-state index in [1.165, 1.54) is 39.2 Å². The summed E-state index contributed by atoms with van der Waals surface area (Å²) in [6, 6.07) is 5.74. The molecule has 0 amide bonds. The summed E-state index contributed by atoms with van der Waals surface area (Å²) in [5, 5.41) is 115. The summed E-state index contributed by atoms with van der Waals surface area (Å²) < 4.78 is 45.3. The average molecular weight is 771 g/mol. The lowest BCUT2D eigenvalue weighted by molar-refractivity contribution is -0.367. The van der Waals surface area contributed by atoms with Crippen LogP contribution in [0.25, 0.3) is 22.3 Å². The number of fused-ring (bicyclic) bond motifs is 1. The molecular formula is C34H42O20. The number of aliphatic hydroxyl groups is 8. The van der Waals surface area contributed by atoms with Crippen LogP contribution in [0, 0.1) is 0 Å². The standard InChI is InChI=1S/C34H42O20/c1-10-20(38)24(42)27(45)32(49-10)54-31-26(44)21(39)11(2)50-34(31)48-9-18-22(40)25(43)28(46)33(52-18)53-30-23(41)19-15(37)7-13(35)8-17(19)51-29(30)12-4-5-14(36)16(6-12)47-3/h4-8,10-11,18,20-22,24-28,31-40,42-46H,9H2,1-3H3/t10-,11-,18+,20-,21-,22+,24+,25-,26+,27+,28+,31+,32-,33-,34+/m1/s1. The van der Waals surface area contributed by atoms with Crippen LogP contribution < -0.4 is 14.9 Å². The lowest BCUT2D eigenvalue weighted by atomic mass is 9.97. The van der Waals surface area contributed by atoms with Gasteiger partial charge in [0.2, 0.25) is 17.5 Å². The normalized spacial score (nSPS) is 37.3. The van der Waals surface area contributed by atoms with Gasteiger partial charge in [-0.15, -0.1) is 0 Å². The van der Waals surface area contributed by atoms with Gasteiger partial charge in [-0.2, -0.15) is 0 Å². The summed E-state index contributed by atoms with van der Waals surface area (Å²) >= 11 is 0. The number of benzene rings is 2.